The average Bonchev–Trinajstić information content (AvgIpc) is 2.80. The van der Waals surface area contributed by atoms with Crippen LogP contribution in [0.4, 0.5) is 18.9 Å². The molecule has 6 heteroatoms. The first-order valence-electron chi connectivity index (χ1n) is 6.01. The van der Waals surface area contributed by atoms with Gasteiger partial charge in [0.05, 0.1) is 17.9 Å². The zero-order valence-corrected chi connectivity index (χ0v) is 10.5. The molecule has 102 valence electrons. The van der Waals surface area contributed by atoms with E-state index in [0.717, 1.165) is 24.7 Å². The topological polar surface area (TPSA) is 29.9 Å². The highest BCUT2D eigenvalue weighted by atomic mass is 19.2. The summed E-state index contributed by atoms with van der Waals surface area (Å²) in [5.74, 6) is -3.09. The van der Waals surface area contributed by atoms with E-state index in [1.807, 2.05) is 6.92 Å². The van der Waals surface area contributed by atoms with Crippen LogP contribution in [0.3, 0.4) is 0 Å². The summed E-state index contributed by atoms with van der Waals surface area (Å²) in [5.41, 5.74) is 0.786. The van der Waals surface area contributed by atoms with E-state index in [1.165, 1.54) is 0 Å². The predicted octanol–water partition coefficient (Wildman–Crippen LogP) is 3.32. The molecular weight excluding hydrogens is 255 g/mol. The van der Waals surface area contributed by atoms with Gasteiger partial charge in [-0.15, -0.1) is 0 Å². The molecule has 0 saturated carbocycles. The van der Waals surface area contributed by atoms with Crippen molar-refractivity contribution in [3.05, 3.63) is 47.5 Å². The molecule has 0 aliphatic rings. The van der Waals surface area contributed by atoms with Crippen molar-refractivity contribution in [3.8, 4) is 0 Å². The predicted molar refractivity (Wildman–Crippen MR) is 66.2 cm³/mol. The van der Waals surface area contributed by atoms with E-state index in [2.05, 4.69) is 10.4 Å². The minimum absolute atomic E-state index is 0.0665. The van der Waals surface area contributed by atoms with E-state index in [1.54, 1.807) is 16.9 Å². The van der Waals surface area contributed by atoms with Crippen LogP contribution in [0.1, 0.15) is 19.0 Å². The fourth-order valence-electron chi connectivity index (χ4n) is 1.77. The minimum atomic E-state index is -1.20. The van der Waals surface area contributed by atoms with Crippen molar-refractivity contribution in [2.75, 3.05) is 5.32 Å². The summed E-state index contributed by atoms with van der Waals surface area (Å²) >= 11 is 0. The number of aromatic nitrogens is 2. The van der Waals surface area contributed by atoms with E-state index in [-0.39, 0.29) is 5.69 Å². The number of hydrogen-bond donors (Lipinski definition) is 1. The lowest BCUT2D eigenvalue weighted by atomic mass is 10.2. The lowest BCUT2D eigenvalue weighted by Crippen LogP contribution is -2.10. The molecule has 3 nitrogen and oxygen atoms in total. The zero-order valence-electron chi connectivity index (χ0n) is 10.5. The monoisotopic (exact) mass is 269 g/mol. The third kappa shape index (κ3) is 3.07. The smallest absolute Gasteiger partial charge is 0.161 e. The second-order valence-corrected chi connectivity index (χ2v) is 4.15. The molecule has 0 aliphatic heterocycles. The van der Waals surface area contributed by atoms with Gasteiger partial charge in [0.25, 0.3) is 0 Å². The van der Waals surface area contributed by atoms with Gasteiger partial charge >= 0.3 is 0 Å². The second kappa shape index (κ2) is 5.77. The molecular formula is C13H14F3N3. The number of anilines is 1. The van der Waals surface area contributed by atoms with Crippen LogP contribution in [0.2, 0.25) is 0 Å². The Balaban J connectivity index is 2.10. The van der Waals surface area contributed by atoms with E-state index in [4.69, 9.17) is 0 Å². The molecule has 0 aliphatic carbocycles. The highest BCUT2D eigenvalue weighted by molar-refractivity contribution is 5.45. The van der Waals surface area contributed by atoms with Crippen LogP contribution in [0.15, 0.2) is 24.4 Å². The summed E-state index contributed by atoms with van der Waals surface area (Å²) in [4.78, 5) is 0. The average molecular weight is 269 g/mol. The first-order valence-corrected chi connectivity index (χ1v) is 6.01. The second-order valence-electron chi connectivity index (χ2n) is 4.15. The molecule has 1 heterocycles. The molecule has 0 unspecified atom stereocenters. The first-order chi connectivity index (χ1) is 9.11. The molecule has 0 radical (unpaired) electrons. The molecule has 0 fully saturated rings. The molecule has 0 bridgehead atoms. The summed E-state index contributed by atoms with van der Waals surface area (Å²) in [5, 5.41) is 6.86. The van der Waals surface area contributed by atoms with Crippen molar-refractivity contribution in [1.29, 1.82) is 0 Å². The van der Waals surface area contributed by atoms with Gasteiger partial charge < -0.3 is 5.32 Å². The van der Waals surface area contributed by atoms with Gasteiger partial charge in [-0.05, 0) is 12.5 Å². The summed E-state index contributed by atoms with van der Waals surface area (Å²) in [6, 6.07) is 3.13. The van der Waals surface area contributed by atoms with Crippen molar-refractivity contribution in [2.45, 2.75) is 26.4 Å². The maximum absolute atomic E-state index is 13.4. The van der Waals surface area contributed by atoms with Crippen molar-refractivity contribution in [1.82, 2.24) is 9.78 Å². The number of benzene rings is 1. The highest BCUT2D eigenvalue weighted by Crippen LogP contribution is 2.19. The number of aryl methyl sites for hydroxylation is 1. The molecule has 0 atom stereocenters. The summed E-state index contributed by atoms with van der Waals surface area (Å²) in [6.45, 7) is 3.07. The Morgan fingerprint density at radius 1 is 1.16 bits per heavy atom. The Hall–Kier alpha value is -1.98. The molecule has 1 N–H and O–H groups in total. The molecule has 2 rings (SSSR count). The van der Waals surface area contributed by atoms with Crippen LogP contribution in [-0.4, -0.2) is 9.78 Å². The molecule has 0 amide bonds. The van der Waals surface area contributed by atoms with Gasteiger partial charge in [-0.25, -0.2) is 13.2 Å². The zero-order chi connectivity index (χ0) is 13.8. The van der Waals surface area contributed by atoms with E-state index in [9.17, 15) is 13.2 Å². The van der Waals surface area contributed by atoms with Crippen LogP contribution in [-0.2, 0) is 13.1 Å². The van der Waals surface area contributed by atoms with E-state index >= 15 is 0 Å². The third-order valence-corrected chi connectivity index (χ3v) is 2.71. The van der Waals surface area contributed by atoms with Crippen LogP contribution in [0, 0.1) is 17.5 Å². The summed E-state index contributed by atoms with van der Waals surface area (Å²) in [6.07, 6.45) is 2.57. The number of nitrogens with zero attached hydrogens (tertiary/aromatic N) is 2. The fourth-order valence-corrected chi connectivity index (χ4v) is 1.77. The fraction of sp³-hybridized carbons (Fsp3) is 0.308. The van der Waals surface area contributed by atoms with E-state index < -0.39 is 17.5 Å². The normalized spacial score (nSPS) is 10.7. The van der Waals surface area contributed by atoms with Gasteiger partial charge in [0.1, 0.15) is 5.82 Å². The van der Waals surface area contributed by atoms with Gasteiger partial charge in [-0.1, -0.05) is 6.92 Å². The Kier molecular flexibility index (Phi) is 4.09. The van der Waals surface area contributed by atoms with Crippen LogP contribution >= 0.6 is 0 Å². The lowest BCUT2D eigenvalue weighted by molar-refractivity contribution is 0.496. The van der Waals surface area contributed by atoms with Crippen LogP contribution < -0.4 is 5.32 Å². The van der Waals surface area contributed by atoms with Crippen LogP contribution in [0.25, 0.3) is 0 Å². The number of nitrogens with one attached hydrogen (secondary N) is 1. The Morgan fingerprint density at radius 3 is 2.63 bits per heavy atom. The minimum Gasteiger partial charge on any atom is -0.377 e. The summed E-state index contributed by atoms with van der Waals surface area (Å²) in [7, 11) is 0. The van der Waals surface area contributed by atoms with E-state index in [0.29, 0.717) is 12.6 Å². The maximum Gasteiger partial charge on any atom is 0.161 e. The molecule has 1 aromatic heterocycles. The highest BCUT2D eigenvalue weighted by Gasteiger charge is 2.10. The van der Waals surface area contributed by atoms with Crippen molar-refractivity contribution in [3.63, 3.8) is 0 Å². The molecule has 0 spiro atoms. The largest absolute Gasteiger partial charge is 0.377 e. The Bertz CT molecular complexity index is 566. The Morgan fingerprint density at radius 2 is 1.89 bits per heavy atom. The first kappa shape index (κ1) is 13.5. The van der Waals surface area contributed by atoms with Crippen molar-refractivity contribution < 1.29 is 13.2 Å². The van der Waals surface area contributed by atoms with Gasteiger partial charge in [-0.3, -0.25) is 4.68 Å². The van der Waals surface area contributed by atoms with Gasteiger partial charge in [-0.2, -0.15) is 5.10 Å². The number of rotatable bonds is 5. The van der Waals surface area contributed by atoms with Gasteiger partial charge in [0, 0.05) is 24.9 Å². The quantitative estimate of drug-likeness (QED) is 0.844. The van der Waals surface area contributed by atoms with Crippen molar-refractivity contribution in [2.24, 2.45) is 0 Å². The number of halogens is 3. The van der Waals surface area contributed by atoms with Gasteiger partial charge in [0.2, 0.25) is 0 Å². The van der Waals surface area contributed by atoms with Crippen LogP contribution in [0.5, 0.6) is 0 Å². The molecule has 19 heavy (non-hydrogen) atoms. The molecule has 0 saturated heterocycles. The lowest BCUT2D eigenvalue weighted by Gasteiger charge is -2.10. The standard InChI is InChI=1S/C13H14F3N3/c1-2-5-19-9(3-4-18-19)8-17-13-7-11(15)10(14)6-12(13)16/h3-4,6-7,17H,2,5,8H2,1H3. The Labute approximate surface area is 109 Å². The third-order valence-electron chi connectivity index (χ3n) is 2.71. The van der Waals surface area contributed by atoms with Crippen molar-refractivity contribution >= 4 is 5.69 Å². The molecule has 2 aromatic rings. The molecule has 1 aromatic carbocycles. The maximum atomic E-state index is 13.4. The SMILES string of the molecule is CCCn1nccc1CNc1cc(F)c(F)cc1F. The number of hydrogen-bond acceptors (Lipinski definition) is 2. The summed E-state index contributed by atoms with van der Waals surface area (Å²) < 4.78 is 41.0. The van der Waals surface area contributed by atoms with Gasteiger partial charge in [0.15, 0.2) is 11.6 Å².